The topological polar surface area (TPSA) is 78.5 Å². The Morgan fingerprint density at radius 3 is 2.83 bits per heavy atom. The van der Waals surface area contributed by atoms with E-state index < -0.39 is 0 Å². The molecule has 122 valence electrons. The molecule has 0 unspecified atom stereocenters. The van der Waals surface area contributed by atoms with Crippen molar-refractivity contribution in [2.24, 2.45) is 0 Å². The van der Waals surface area contributed by atoms with E-state index in [1.807, 2.05) is 6.07 Å². The van der Waals surface area contributed by atoms with Gasteiger partial charge in [-0.1, -0.05) is 0 Å². The van der Waals surface area contributed by atoms with Crippen molar-refractivity contribution in [2.75, 3.05) is 10.6 Å². The van der Waals surface area contributed by atoms with Crippen molar-refractivity contribution in [1.29, 1.82) is 0 Å². The highest BCUT2D eigenvalue weighted by molar-refractivity contribution is 7.17. The summed E-state index contributed by atoms with van der Waals surface area (Å²) in [5.41, 5.74) is 2.29. The Hall–Kier alpha value is -2.67. The summed E-state index contributed by atoms with van der Waals surface area (Å²) in [6.07, 6.45) is 1.63. The molecule has 0 bridgehead atoms. The molecular formula is C17H18N6S. The fourth-order valence-corrected chi connectivity index (χ4v) is 3.28. The highest BCUT2D eigenvalue weighted by atomic mass is 32.1. The Balaban J connectivity index is 1.73. The molecule has 24 heavy (non-hydrogen) atoms. The number of thiophene rings is 1. The SMILES string of the molecule is CC(C)(C)Nc1nc(Nc2ccc3sccc3c2)nc2nc[nH]c12. The molecule has 7 heteroatoms. The van der Waals surface area contributed by atoms with Crippen LogP contribution in [-0.4, -0.2) is 25.5 Å². The molecular weight excluding hydrogens is 320 g/mol. The number of nitrogens with zero attached hydrogens (tertiary/aromatic N) is 3. The van der Waals surface area contributed by atoms with Gasteiger partial charge in [-0.3, -0.25) is 0 Å². The number of hydrogen-bond acceptors (Lipinski definition) is 6. The fraction of sp³-hybridized carbons (Fsp3) is 0.235. The summed E-state index contributed by atoms with van der Waals surface area (Å²) in [5.74, 6) is 1.26. The second kappa shape index (κ2) is 5.45. The van der Waals surface area contributed by atoms with Crippen LogP contribution in [0.15, 0.2) is 36.0 Å². The van der Waals surface area contributed by atoms with Crippen molar-refractivity contribution in [2.45, 2.75) is 26.3 Å². The zero-order valence-electron chi connectivity index (χ0n) is 13.7. The van der Waals surface area contributed by atoms with Gasteiger partial charge in [0.25, 0.3) is 0 Å². The third-order valence-corrected chi connectivity index (χ3v) is 4.39. The van der Waals surface area contributed by atoms with Crippen LogP contribution in [0.2, 0.25) is 0 Å². The van der Waals surface area contributed by atoms with Crippen LogP contribution >= 0.6 is 11.3 Å². The summed E-state index contributed by atoms with van der Waals surface area (Å²) >= 11 is 1.73. The zero-order chi connectivity index (χ0) is 16.7. The molecule has 0 aliphatic rings. The van der Waals surface area contributed by atoms with Crippen LogP contribution in [-0.2, 0) is 0 Å². The lowest BCUT2D eigenvalue weighted by Gasteiger charge is -2.21. The molecule has 0 radical (unpaired) electrons. The normalized spacial score (nSPS) is 12.0. The number of aromatic nitrogens is 4. The summed E-state index contributed by atoms with van der Waals surface area (Å²) in [5, 5.41) is 9.98. The number of aromatic amines is 1. The minimum atomic E-state index is -0.112. The maximum Gasteiger partial charge on any atom is 0.231 e. The predicted octanol–water partition coefficient (Wildman–Crippen LogP) is 4.52. The van der Waals surface area contributed by atoms with Crippen LogP contribution in [0.1, 0.15) is 20.8 Å². The molecule has 4 rings (SSSR count). The van der Waals surface area contributed by atoms with Crippen LogP contribution in [0.5, 0.6) is 0 Å². The van der Waals surface area contributed by atoms with E-state index >= 15 is 0 Å². The molecule has 0 atom stereocenters. The molecule has 0 amide bonds. The van der Waals surface area contributed by atoms with Crippen LogP contribution < -0.4 is 10.6 Å². The number of nitrogens with one attached hydrogen (secondary N) is 3. The van der Waals surface area contributed by atoms with Gasteiger partial charge >= 0.3 is 0 Å². The minimum absolute atomic E-state index is 0.112. The lowest BCUT2D eigenvalue weighted by atomic mass is 10.1. The van der Waals surface area contributed by atoms with Crippen molar-refractivity contribution >= 4 is 50.0 Å². The maximum atomic E-state index is 4.62. The molecule has 0 aliphatic heterocycles. The van der Waals surface area contributed by atoms with Crippen LogP contribution in [0.25, 0.3) is 21.3 Å². The molecule has 0 spiro atoms. The zero-order valence-corrected chi connectivity index (χ0v) is 14.5. The van der Waals surface area contributed by atoms with Crippen molar-refractivity contribution < 1.29 is 0 Å². The van der Waals surface area contributed by atoms with E-state index in [2.05, 4.69) is 74.9 Å². The van der Waals surface area contributed by atoms with Gasteiger partial charge in [-0.2, -0.15) is 9.97 Å². The third kappa shape index (κ3) is 2.90. The van der Waals surface area contributed by atoms with Gasteiger partial charge in [0, 0.05) is 15.9 Å². The van der Waals surface area contributed by atoms with Crippen LogP contribution in [0, 0.1) is 0 Å². The van der Waals surface area contributed by atoms with E-state index in [0.29, 0.717) is 11.6 Å². The van der Waals surface area contributed by atoms with Crippen molar-refractivity contribution in [1.82, 2.24) is 19.9 Å². The number of hydrogen-bond donors (Lipinski definition) is 3. The van der Waals surface area contributed by atoms with Crippen LogP contribution in [0.3, 0.4) is 0 Å². The van der Waals surface area contributed by atoms with Gasteiger partial charge in [-0.05, 0) is 55.8 Å². The quantitative estimate of drug-likeness (QED) is 0.512. The van der Waals surface area contributed by atoms with Crippen LogP contribution in [0.4, 0.5) is 17.5 Å². The lowest BCUT2D eigenvalue weighted by molar-refractivity contribution is 0.631. The summed E-state index contributed by atoms with van der Waals surface area (Å²) in [4.78, 5) is 16.5. The molecule has 1 aromatic carbocycles. The largest absolute Gasteiger partial charge is 0.364 e. The Labute approximate surface area is 143 Å². The molecule has 0 saturated heterocycles. The first-order valence-electron chi connectivity index (χ1n) is 7.71. The molecule has 0 saturated carbocycles. The van der Waals surface area contributed by atoms with Gasteiger partial charge in [0.05, 0.1) is 6.33 Å². The number of imidazole rings is 1. The van der Waals surface area contributed by atoms with Crippen molar-refractivity contribution in [3.63, 3.8) is 0 Å². The number of benzene rings is 1. The second-order valence-corrected chi connectivity index (χ2v) is 7.62. The molecule has 0 aliphatic carbocycles. The Morgan fingerprint density at radius 1 is 1.12 bits per heavy atom. The van der Waals surface area contributed by atoms with Gasteiger partial charge in [-0.15, -0.1) is 11.3 Å². The van der Waals surface area contributed by atoms with E-state index in [1.165, 1.54) is 10.1 Å². The van der Waals surface area contributed by atoms with E-state index in [0.717, 1.165) is 17.0 Å². The number of anilines is 3. The third-order valence-electron chi connectivity index (χ3n) is 3.49. The maximum absolute atomic E-state index is 4.62. The van der Waals surface area contributed by atoms with Crippen molar-refractivity contribution in [3.8, 4) is 0 Å². The summed E-state index contributed by atoms with van der Waals surface area (Å²) in [6.45, 7) is 6.28. The van der Waals surface area contributed by atoms with E-state index in [4.69, 9.17) is 0 Å². The molecule has 0 fully saturated rings. The first-order chi connectivity index (χ1) is 11.5. The highest BCUT2D eigenvalue weighted by Gasteiger charge is 2.16. The first kappa shape index (κ1) is 14.9. The Kier molecular flexibility index (Phi) is 3.38. The first-order valence-corrected chi connectivity index (χ1v) is 8.59. The van der Waals surface area contributed by atoms with Gasteiger partial charge in [0.2, 0.25) is 5.95 Å². The Bertz CT molecular complexity index is 1010. The lowest BCUT2D eigenvalue weighted by Crippen LogP contribution is -2.27. The second-order valence-electron chi connectivity index (χ2n) is 6.67. The number of fused-ring (bicyclic) bond motifs is 2. The standard InChI is InChI=1S/C17H18N6S/c1-17(2,3)23-15-13-14(19-9-18-13)21-16(22-15)20-11-4-5-12-10(8-11)6-7-24-12/h4-9H,1-3H3,(H3,18,19,20,21,22,23). The highest BCUT2D eigenvalue weighted by Crippen LogP contribution is 2.27. The summed E-state index contributed by atoms with van der Waals surface area (Å²) < 4.78 is 1.26. The Morgan fingerprint density at radius 2 is 2.00 bits per heavy atom. The average molecular weight is 338 g/mol. The van der Waals surface area contributed by atoms with E-state index in [9.17, 15) is 0 Å². The smallest absolute Gasteiger partial charge is 0.231 e. The van der Waals surface area contributed by atoms with E-state index in [-0.39, 0.29) is 5.54 Å². The minimum Gasteiger partial charge on any atom is -0.364 e. The van der Waals surface area contributed by atoms with E-state index in [1.54, 1.807) is 17.7 Å². The average Bonchev–Trinajstić information content (AvgIpc) is 3.13. The molecule has 3 aromatic heterocycles. The van der Waals surface area contributed by atoms with Gasteiger partial charge in [0.1, 0.15) is 5.52 Å². The molecule has 4 aromatic rings. The predicted molar refractivity (Wildman–Crippen MR) is 100 cm³/mol. The molecule has 6 nitrogen and oxygen atoms in total. The number of H-pyrrole nitrogens is 1. The fourth-order valence-electron chi connectivity index (χ4n) is 2.51. The molecule has 3 heterocycles. The molecule has 3 N–H and O–H groups in total. The van der Waals surface area contributed by atoms with Gasteiger partial charge in [-0.25, -0.2) is 4.98 Å². The summed E-state index contributed by atoms with van der Waals surface area (Å²) in [7, 11) is 0. The van der Waals surface area contributed by atoms with Crippen molar-refractivity contribution in [3.05, 3.63) is 36.0 Å². The van der Waals surface area contributed by atoms with Gasteiger partial charge in [0.15, 0.2) is 11.5 Å². The summed E-state index contributed by atoms with van der Waals surface area (Å²) in [6, 6.07) is 8.34. The number of rotatable bonds is 3. The monoisotopic (exact) mass is 338 g/mol. The van der Waals surface area contributed by atoms with Gasteiger partial charge < -0.3 is 15.6 Å².